The molecule has 0 radical (unpaired) electrons. The van der Waals surface area contributed by atoms with E-state index >= 15 is 0 Å². The second-order valence-electron chi connectivity index (χ2n) is 1.37. The van der Waals surface area contributed by atoms with Gasteiger partial charge in [-0.25, -0.2) is 9.59 Å². The zero-order valence-corrected chi connectivity index (χ0v) is 5.50. The minimum Gasteiger partial charge on any atom is -0.348 e. The lowest BCUT2D eigenvalue weighted by Gasteiger charge is -1.90. The quantitative estimate of drug-likeness (QED) is 0.515. The first kappa shape index (κ1) is 8.54. The normalized spacial score (nSPS) is 9.70. The Morgan fingerprint density at radius 3 is 2.50 bits per heavy atom. The second-order valence-corrected chi connectivity index (χ2v) is 1.37. The van der Waals surface area contributed by atoms with Gasteiger partial charge in [-0.3, -0.25) is 0 Å². The van der Waals surface area contributed by atoms with Crippen molar-refractivity contribution >= 4 is 12.1 Å². The molecule has 0 saturated heterocycles. The molecule has 0 aromatic heterocycles. The number of carbonyl (C=O) groups excluding carboxylic acids is 2. The van der Waals surface area contributed by atoms with Gasteiger partial charge in [0.05, 0.1) is 0 Å². The molecule has 0 rings (SSSR count). The van der Waals surface area contributed by atoms with Crippen molar-refractivity contribution in [3.05, 3.63) is 0 Å². The van der Waals surface area contributed by atoms with Gasteiger partial charge in [-0.1, -0.05) is 10.2 Å². The largest absolute Gasteiger partial charge is 0.359 e. The molecule has 0 unspecified atom stereocenters. The Bertz CT molecular complexity index is 165. The summed E-state index contributed by atoms with van der Waals surface area (Å²) < 4.78 is 0. The first-order valence-corrected chi connectivity index (χ1v) is 2.65. The SMILES string of the molecule is CCNC(=O)N=NC(N)=O. The average Bonchev–Trinajstić information content (AvgIpc) is 1.85. The Morgan fingerprint density at radius 2 is 2.10 bits per heavy atom. The lowest BCUT2D eigenvalue weighted by molar-refractivity contribution is 0.244. The predicted octanol–water partition coefficient (Wildman–Crippen LogP) is 0.247. The Hall–Kier alpha value is -1.46. The molecule has 3 N–H and O–H groups in total. The van der Waals surface area contributed by atoms with Crippen molar-refractivity contribution in [2.75, 3.05) is 6.54 Å². The predicted molar refractivity (Wildman–Crippen MR) is 33.5 cm³/mol. The van der Waals surface area contributed by atoms with E-state index in [-0.39, 0.29) is 0 Å². The van der Waals surface area contributed by atoms with Crippen LogP contribution < -0.4 is 11.1 Å². The first-order chi connectivity index (χ1) is 4.66. The highest BCUT2D eigenvalue weighted by molar-refractivity contribution is 5.78. The Kier molecular flexibility index (Phi) is 3.78. The summed E-state index contributed by atoms with van der Waals surface area (Å²) in [5, 5.41) is 8.00. The smallest absolute Gasteiger partial charge is 0.348 e. The highest BCUT2D eigenvalue weighted by Crippen LogP contribution is 1.76. The number of amides is 4. The van der Waals surface area contributed by atoms with Gasteiger partial charge in [0.15, 0.2) is 0 Å². The molecular weight excluding hydrogens is 136 g/mol. The van der Waals surface area contributed by atoms with Gasteiger partial charge in [0, 0.05) is 6.54 Å². The fourth-order valence-corrected chi connectivity index (χ4v) is 0.281. The molecule has 0 fully saturated rings. The molecule has 10 heavy (non-hydrogen) atoms. The van der Waals surface area contributed by atoms with Crippen LogP contribution in [0.5, 0.6) is 0 Å². The van der Waals surface area contributed by atoms with Crippen molar-refractivity contribution in [1.29, 1.82) is 0 Å². The zero-order chi connectivity index (χ0) is 7.98. The molecule has 6 nitrogen and oxygen atoms in total. The van der Waals surface area contributed by atoms with Crippen LogP contribution in [0.3, 0.4) is 0 Å². The fraction of sp³-hybridized carbons (Fsp3) is 0.500. The van der Waals surface area contributed by atoms with E-state index in [2.05, 4.69) is 21.3 Å². The van der Waals surface area contributed by atoms with Gasteiger partial charge in [-0.05, 0) is 6.92 Å². The van der Waals surface area contributed by atoms with Gasteiger partial charge in [-0.15, -0.1) is 0 Å². The first-order valence-electron chi connectivity index (χ1n) is 2.65. The Morgan fingerprint density at radius 1 is 1.50 bits per heavy atom. The van der Waals surface area contributed by atoms with Crippen LogP contribution in [0.2, 0.25) is 0 Å². The summed E-state index contributed by atoms with van der Waals surface area (Å²) in [6.07, 6.45) is 0. The molecule has 0 aromatic carbocycles. The lowest BCUT2D eigenvalue weighted by atomic mass is 10.7. The maximum atomic E-state index is 10.4. The average molecular weight is 144 g/mol. The number of nitrogens with two attached hydrogens (primary N) is 1. The van der Waals surface area contributed by atoms with Crippen LogP contribution in [0.1, 0.15) is 6.92 Å². The van der Waals surface area contributed by atoms with Crippen LogP contribution in [0, 0.1) is 0 Å². The van der Waals surface area contributed by atoms with E-state index in [9.17, 15) is 9.59 Å². The molecule has 0 aromatic rings. The number of carbonyl (C=O) groups is 2. The summed E-state index contributed by atoms with van der Waals surface area (Å²) in [7, 11) is 0. The van der Waals surface area contributed by atoms with E-state index in [4.69, 9.17) is 0 Å². The number of azo groups is 1. The maximum absolute atomic E-state index is 10.4. The zero-order valence-electron chi connectivity index (χ0n) is 5.50. The van der Waals surface area contributed by atoms with Crippen molar-refractivity contribution in [2.24, 2.45) is 16.0 Å². The number of hydrogen-bond acceptors (Lipinski definition) is 2. The fourth-order valence-electron chi connectivity index (χ4n) is 0.281. The van der Waals surface area contributed by atoms with Gasteiger partial charge >= 0.3 is 12.1 Å². The lowest BCUT2D eigenvalue weighted by Crippen LogP contribution is -2.18. The third kappa shape index (κ3) is 4.69. The number of rotatable bonds is 1. The molecule has 6 heteroatoms. The topological polar surface area (TPSA) is 96.9 Å². The van der Waals surface area contributed by atoms with Crippen molar-refractivity contribution in [3.63, 3.8) is 0 Å². The number of hydrogen-bond donors (Lipinski definition) is 2. The Balaban J connectivity index is 3.67. The number of nitrogens with one attached hydrogen (secondary N) is 1. The number of urea groups is 2. The standard InChI is InChI=1S/C4H8N4O2/c1-2-6-4(10)8-7-3(5)9/h2H2,1H3,(H2,5,9)(H,6,10). The van der Waals surface area contributed by atoms with E-state index < -0.39 is 12.1 Å². The molecule has 0 heterocycles. The molecule has 0 atom stereocenters. The molecule has 4 amide bonds. The van der Waals surface area contributed by atoms with E-state index in [1.165, 1.54) is 0 Å². The van der Waals surface area contributed by atoms with Crippen LogP contribution in [0.4, 0.5) is 9.59 Å². The van der Waals surface area contributed by atoms with Crippen LogP contribution in [0.25, 0.3) is 0 Å². The van der Waals surface area contributed by atoms with Crippen LogP contribution in [-0.2, 0) is 0 Å². The molecule has 56 valence electrons. The third-order valence-electron chi connectivity index (χ3n) is 0.567. The van der Waals surface area contributed by atoms with E-state index in [1.54, 1.807) is 6.92 Å². The van der Waals surface area contributed by atoms with Crippen molar-refractivity contribution in [3.8, 4) is 0 Å². The summed E-state index contributed by atoms with van der Waals surface area (Å²) in [5.74, 6) is 0. The van der Waals surface area contributed by atoms with Gasteiger partial charge in [0.2, 0.25) is 0 Å². The van der Waals surface area contributed by atoms with Crippen LogP contribution in [0.15, 0.2) is 10.2 Å². The minimum atomic E-state index is -0.980. The molecule has 0 saturated carbocycles. The molecule has 0 aliphatic rings. The van der Waals surface area contributed by atoms with E-state index in [1.807, 2.05) is 0 Å². The molecule has 0 bridgehead atoms. The van der Waals surface area contributed by atoms with Crippen molar-refractivity contribution < 1.29 is 9.59 Å². The Labute approximate surface area is 57.5 Å². The number of primary amides is 1. The van der Waals surface area contributed by atoms with Gasteiger partial charge < -0.3 is 11.1 Å². The van der Waals surface area contributed by atoms with Crippen LogP contribution in [-0.4, -0.2) is 18.6 Å². The highest BCUT2D eigenvalue weighted by Gasteiger charge is 1.93. The second kappa shape index (κ2) is 4.42. The minimum absolute atomic E-state index is 0.441. The van der Waals surface area contributed by atoms with Gasteiger partial charge in [0.25, 0.3) is 0 Å². The molecule has 0 aliphatic carbocycles. The van der Waals surface area contributed by atoms with Gasteiger partial charge in [0.1, 0.15) is 0 Å². The summed E-state index contributed by atoms with van der Waals surface area (Å²) in [6, 6.07) is -1.65. The summed E-state index contributed by atoms with van der Waals surface area (Å²) in [6.45, 7) is 2.16. The van der Waals surface area contributed by atoms with Crippen molar-refractivity contribution in [1.82, 2.24) is 5.32 Å². The highest BCUT2D eigenvalue weighted by atomic mass is 16.2. The molecular formula is C4H8N4O2. The van der Waals surface area contributed by atoms with E-state index in [0.717, 1.165) is 0 Å². The summed E-state index contributed by atoms with van der Waals surface area (Å²) >= 11 is 0. The van der Waals surface area contributed by atoms with E-state index in [0.29, 0.717) is 6.54 Å². The van der Waals surface area contributed by atoms with Gasteiger partial charge in [-0.2, -0.15) is 0 Å². The summed E-state index contributed by atoms with van der Waals surface area (Å²) in [4.78, 5) is 20.3. The van der Waals surface area contributed by atoms with Crippen molar-refractivity contribution in [2.45, 2.75) is 6.92 Å². The monoisotopic (exact) mass is 144 g/mol. The molecule has 0 spiro atoms. The molecule has 0 aliphatic heterocycles. The summed E-state index contributed by atoms with van der Waals surface area (Å²) in [5.41, 5.74) is 4.56. The number of nitrogens with zero attached hydrogens (tertiary/aromatic N) is 2. The maximum Gasteiger partial charge on any atom is 0.359 e. The van der Waals surface area contributed by atoms with Crippen LogP contribution >= 0.6 is 0 Å². The third-order valence-corrected chi connectivity index (χ3v) is 0.567.